The number of anilines is 2. The van der Waals surface area contributed by atoms with Crippen molar-refractivity contribution in [3.63, 3.8) is 0 Å². The van der Waals surface area contributed by atoms with Crippen molar-refractivity contribution in [2.24, 2.45) is 0 Å². The van der Waals surface area contributed by atoms with E-state index in [1.807, 2.05) is 6.07 Å². The van der Waals surface area contributed by atoms with E-state index in [-0.39, 0.29) is 0 Å². The summed E-state index contributed by atoms with van der Waals surface area (Å²) in [7, 11) is 0. The minimum Gasteiger partial charge on any atom is -0.370 e. The highest BCUT2D eigenvalue weighted by Gasteiger charge is 2.16. The molecule has 0 aliphatic carbocycles. The summed E-state index contributed by atoms with van der Waals surface area (Å²) in [6.07, 6.45) is 7.98. The second-order valence-corrected chi connectivity index (χ2v) is 5.88. The van der Waals surface area contributed by atoms with Gasteiger partial charge in [-0.25, -0.2) is 9.97 Å². The van der Waals surface area contributed by atoms with Crippen LogP contribution in [0.25, 0.3) is 0 Å². The van der Waals surface area contributed by atoms with E-state index in [9.17, 15) is 0 Å². The molecule has 21 heavy (non-hydrogen) atoms. The number of hydrogen-bond acceptors (Lipinski definition) is 5. The molecule has 0 saturated carbocycles. The van der Waals surface area contributed by atoms with Crippen LogP contribution in [0, 0.1) is 0 Å². The summed E-state index contributed by atoms with van der Waals surface area (Å²) < 4.78 is 0. The zero-order valence-corrected chi connectivity index (χ0v) is 13.4. The molecule has 1 fully saturated rings. The van der Waals surface area contributed by atoms with E-state index in [4.69, 9.17) is 0 Å². The van der Waals surface area contributed by atoms with Crippen molar-refractivity contribution >= 4 is 11.6 Å². The molecular weight excluding hydrogens is 262 g/mol. The second-order valence-electron chi connectivity index (χ2n) is 5.88. The van der Waals surface area contributed by atoms with Gasteiger partial charge in [0, 0.05) is 31.7 Å². The lowest BCUT2D eigenvalue weighted by Crippen LogP contribution is -2.38. The Hall–Kier alpha value is -1.36. The van der Waals surface area contributed by atoms with Gasteiger partial charge in [0.25, 0.3) is 0 Å². The molecule has 0 bridgehead atoms. The van der Waals surface area contributed by atoms with Gasteiger partial charge < -0.3 is 15.5 Å². The van der Waals surface area contributed by atoms with Gasteiger partial charge in [-0.15, -0.1) is 0 Å². The summed E-state index contributed by atoms with van der Waals surface area (Å²) in [6, 6.07) is 2.74. The van der Waals surface area contributed by atoms with E-state index in [1.54, 1.807) is 6.33 Å². The topological polar surface area (TPSA) is 53.1 Å². The molecule has 1 aliphatic heterocycles. The Kier molecular flexibility index (Phi) is 6.73. The van der Waals surface area contributed by atoms with Crippen LogP contribution in [0.5, 0.6) is 0 Å². The maximum absolute atomic E-state index is 4.27. The zero-order chi connectivity index (χ0) is 14.9. The average molecular weight is 291 g/mol. The van der Waals surface area contributed by atoms with Crippen molar-refractivity contribution in [2.45, 2.75) is 52.0 Å². The average Bonchev–Trinajstić information content (AvgIpc) is 2.51. The Morgan fingerprint density at radius 3 is 2.67 bits per heavy atom. The third kappa shape index (κ3) is 5.50. The number of aromatic nitrogens is 2. The van der Waals surface area contributed by atoms with Crippen molar-refractivity contribution in [3.8, 4) is 0 Å². The number of rotatable bonds is 8. The Morgan fingerprint density at radius 2 is 1.95 bits per heavy atom. The van der Waals surface area contributed by atoms with E-state index in [2.05, 4.69) is 39.3 Å². The van der Waals surface area contributed by atoms with Gasteiger partial charge in [0.1, 0.15) is 18.0 Å². The fourth-order valence-electron chi connectivity index (χ4n) is 2.79. The first kappa shape index (κ1) is 16.0. The predicted molar refractivity (Wildman–Crippen MR) is 88.8 cm³/mol. The lowest BCUT2D eigenvalue weighted by Gasteiger charge is -2.33. The highest BCUT2D eigenvalue weighted by atomic mass is 15.2. The molecule has 5 heteroatoms. The molecule has 1 aliphatic rings. The number of likely N-dealkylation sites (tertiary alicyclic amines) is 1. The summed E-state index contributed by atoms with van der Waals surface area (Å²) in [5.74, 6) is 1.81. The molecule has 2 heterocycles. The van der Waals surface area contributed by atoms with Crippen molar-refractivity contribution in [1.29, 1.82) is 0 Å². The van der Waals surface area contributed by atoms with Gasteiger partial charge in [-0.1, -0.05) is 13.3 Å². The molecular formula is C16H29N5. The number of piperidine rings is 1. The Bertz CT molecular complexity index is 409. The van der Waals surface area contributed by atoms with Crippen LogP contribution in [-0.4, -0.2) is 47.1 Å². The lowest BCUT2D eigenvalue weighted by atomic mass is 10.0. The van der Waals surface area contributed by atoms with E-state index < -0.39 is 0 Å². The first-order valence-electron chi connectivity index (χ1n) is 8.33. The summed E-state index contributed by atoms with van der Waals surface area (Å²) in [5.41, 5.74) is 0. The summed E-state index contributed by atoms with van der Waals surface area (Å²) in [4.78, 5) is 11.1. The van der Waals surface area contributed by atoms with Crippen LogP contribution in [0.1, 0.15) is 46.0 Å². The highest BCUT2D eigenvalue weighted by Crippen LogP contribution is 2.16. The maximum Gasteiger partial charge on any atom is 0.131 e. The maximum atomic E-state index is 4.27. The Labute approximate surface area is 128 Å². The van der Waals surface area contributed by atoms with Crippen LogP contribution < -0.4 is 10.6 Å². The summed E-state index contributed by atoms with van der Waals surface area (Å²) in [6.45, 7) is 8.86. The Balaban J connectivity index is 1.68. The van der Waals surface area contributed by atoms with Gasteiger partial charge >= 0.3 is 0 Å². The predicted octanol–water partition coefficient (Wildman–Crippen LogP) is 2.97. The zero-order valence-electron chi connectivity index (χ0n) is 13.4. The van der Waals surface area contributed by atoms with E-state index in [1.165, 1.54) is 32.4 Å². The van der Waals surface area contributed by atoms with Crippen LogP contribution in [-0.2, 0) is 0 Å². The highest BCUT2D eigenvalue weighted by molar-refractivity contribution is 5.46. The van der Waals surface area contributed by atoms with Gasteiger partial charge in [0.15, 0.2) is 0 Å². The molecule has 5 nitrogen and oxygen atoms in total. The van der Waals surface area contributed by atoms with Gasteiger partial charge in [0.2, 0.25) is 0 Å². The monoisotopic (exact) mass is 291 g/mol. The molecule has 1 aromatic heterocycles. The largest absolute Gasteiger partial charge is 0.370 e. The molecule has 118 valence electrons. The van der Waals surface area contributed by atoms with E-state index in [0.29, 0.717) is 0 Å². The van der Waals surface area contributed by atoms with Crippen LogP contribution in [0.2, 0.25) is 0 Å². The van der Waals surface area contributed by atoms with Gasteiger partial charge in [-0.3, -0.25) is 0 Å². The smallest absolute Gasteiger partial charge is 0.131 e. The first-order valence-corrected chi connectivity index (χ1v) is 8.33. The van der Waals surface area contributed by atoms with Crippen molar-refractivity contribution in [3.05, 3.63) is 12.4 Å². The molecule has 0 aromatic carbocycles. The number of nitrogens with one attached hydrogen (secondary N) is 2. The van der Waals surface area contributed by atoms with Crippen LogP contribution in [0.4, 0.5) is 11.6 Å². The SMILES string of the molecule is CCCNc1cc(NCCCN2CCCCC2C)ncn1. The third-order valence-corrected chi connectivity index (χ3v) is 4.09. The van der Waals surface area contributed by atoms with Crippen LogP contribution in [0.15, 0.2) is 12.4 Å². The van der Waals surface area contributed by atoms with Crippen LogP contribution in [0.3, 0.4) is 0 Å². The quantitative estimate of drug-likeness (QED) is 0.721. The minimum atomic E-state index is 0.752. The van der Waals surface area contributed by atoms with Crippen molar-refractivity contribution in [2.75, 3.05) is 36.8 Å². The molecule has 2 N–H and O–H groups in total. The van der Waals surface area contributed by atoms with Crippen molar-refractivity contribution < 1.29 is 0 Å². The summed E-state index contributed by atoms with van der Waals surface area (Å²) in [5, 5.41) is 6.68. The third-order valence-electron chi connectivity index (χ3n) is 4.09. The van der Waals surface area contributed by atoms with Gasteiger partial charge in [-0.2, -0.15) is 0 Å². The molecule has 1 aromatic rings. The van der Waals surface area contributed by atoms with Crippen LogP contribution >= 0.6 is 0 Å². The molecule has 0 spiro atoms. The lowest BCUT2D eigenvalue weighted by molar-refractivity contribution is 0.160. The molecule has 0 radical (unpaired) electrons. The normalized spacial score (nSPS) is 19.4. The second kappa shape index (κ2) is 8.82. The van der Waals surface area contributed by atoms with Crippen molar-refractivity contribution in [1.82, 2.24) is 14.9 Å². The fraction of sp³-hybridized carbons (Fsp3) is 0.750. The fourth-order valence-corrected chi connectivity index (χ4v) is 2.79. The number of nitrogens with zero attached hydrogens (tertiary/aromatic N) is 3. The standard InChI is InChI=1S/C16H29N5/c1-3-8-17-15-12-16(20-13-19-15)18-9-6-11-21-10-5-4-7-14(21)2/h12-14H,3-11H2,1-2H3,(H2,17,18,19,20). The van der Waals surface area contributed by atoms with E-state index >= 15 is 0 Å². The molecule has 2 rings (SSSR count). The number of hydrogen-bond donors (Lipinski definition) is 2. The molecule has 1 unspecified atom stereocenters. The Morgan fingerprint density at radius 1 is 1.19 bits per heavy atom. The first-order chi connectivity index (χ1) is 10.3. The molecule has 1 saturated heterocycles. The minimum absolute atomic E-state index is 0.752. The molecule has 0 amide bonds. The summed E-state index contributed by atoms with van der Waals surface area (Å²) >= 11 is 0. The van der Waals surface area contributed by atoms with Gasteiger partial charge in [0.05, 0.1) is 0 Å². The molecule has 1 atom stereocenters. The van der Waals surface area contributed by atoms with Gasteiger partial charge in [-0.05, 0) is 39.2 Å². The van der Waals surface area contributed by atoms with E-state index in [0.717, 1.165) is 43.6 Å².